The molecule has 154 valence electrons. The van der Waals surface area contributed by atoms with Crippen LogP contribution in [0.1, 0.15) is 76.8 Å². The Bertz CT molecular complexity index is 662. The average Bonchev–Trinajstić information content (AvgIpc) is 2.97. The Morgan fingerprint density at radius 1 is 1.18 bits per heavy atom. The summed E-state index contributed by atoms with van der Waals surface area (Å²) in [6.45, 7) is 13.8. The van der Waals surface area contributed by atoms with Crippen LogP contribution in [0.15, 0.2) is 48.6 Å². The molecule has 3 atom stereocenters. The highest BCUT2D eigenvalue weighted by Crippen LogP contribution is 2.52. The van der Waals surface area contributed by atoms with Crippen molar-refractivity contribution in [2.24, 2.45) is 23.2 Å². The van der Waals surface area contributed by atoms with Gasteiger partial charge >= 0.3 is 0 Å². The van der Waals surface area contributed by atoms with Gasteiger partial charge in [0, 0.05) is 11.0 Å². The fraction of sp³-hybridized carbons (Fsp3) is 0.630. The SMILES string of the molecule is C=C1CC[C@H](/C=C/CC(C)C2(CC(C)C)CCC2)C1SCc1ccc(C)cc1. The first-order valence-electron chi connectivity index (χ1n) is 11.4. The van der Waals surface area contributed by atoms with E-state index in [0.29, 0.717) is 16.6 Å². The Kier molecular flexibility index (Phi) is 7.54. The summed E-state index contributed by atoms with van der Waals surface area (Å²) in [5, 5.41) is 0.598. The van der Waals surface area contributed by atoms with E-state index in [1.807, 2.05) is 0 Å². The molecular weight excluding hydrogens is 356 g/mol. The molecule has 0 amide bonds. The molecule has 3 rings (SSSR count). The monoisotopic (exact) mass is 396 g/mol. The molecule has 2 saturated carbocycles. The molecule has 2 aliphatic carbocycles. The van der Waals surface area contributed by atoms with E-state index in [1.54, 1.807) is 0 Å². The molecule has 2 unspecified atom stereocenters. The quantitative estimate of drug-likeness (QED) is 0.378. The normalized spacial score (nSPS) is 25.4. The minimum atomic E-state index is 0.598. The van der Waals surface area contributed by atoms with E-state index in [0.717, 1.165) is 17.6 Å². The number of aryl methyl sites for hydroxylation is 1. The molecule has 0 bridgehead atoms. The standard InChI is InChI=1S/C27H40S/c1-20(2)18-27(16-7-17-27)23(5)8-6-9-25-15-12-22(4)26(25)28-19-24-13-10-21(3)11-14-24/h6,9-11,13-14,20,23,25-26H,4,7-8,12,15-19H2,1-3,5H3/b9-6+/t23?,25-,26?/m0/s1. The molecule has 0 heterocycles. The van der Waals surface area contributed by atoms with E-state index in [-0.39, 0.29) is 0 Å². The lowest BCUT2D eigenvalue weighted by Gasteiger charge is -2.48. The smallest absolute Gasteiger partial charge is 0.0320 e. The number of hydrogen-bond donors (Lipinski definition) is 0. The summed E-state index contributed by atoms with van der Waals surface area (Å²) in [4.78, 5) is 0. The molecule has 0 nitrogen and oxygen atoms in total. The highest BCUT2D eigenvalue weighted by Gasteiger charge is 2.41. The second-order valence-corrected chi connectivity index (χ2v) is 11.1. The molecule has 2 fully saturated rings. The maximum absolute atomic E-state index is 4.40. The van der Waals surface area contributed by atoms with Crippen LogP contribution in [0, 0.1) is 30.1 Å². The van der Waals surface area contributed by atoms with Crippen molar-refractivity contribution < 1.29 is 0 Å². The Morgan fingerprint density at radius 2 is 1.89 bits per heavy atom. The van der Waals surface area contributed by atoms with Crippen molar-refractivity contribution in [2.75, 3.05) is 0 Å². The van der Waals surface area contributed by atoms with Gasteiger partial charge in [-0.05, 0) is 74.2 Å². The molecule has 0 saturated heterocycles. The second-order valence-electron chi connectivity index (χ2n) is 9.96. The summed E-state index contributed by atoms with van der Waals surface area (Å²) in [5.74, 6) is 3.43. The number of allylic oxidation sites excluding steroid dienone is 2. The summed E-state index contributed by atoms with van der Waals surface area (Å²) in [7, 11) is 0. The Morgan fingerprint density at radius 3 is 2.50 bits per heavy atom. The summed E-state index contributed by atoms with van der Waals surface area (Å²) in [6.07, 6.45) is 14.6. The number of hydrogen-bond acceptors (Lipinski definition) is 1. The summed E-state index contributed by atoms with van der Waals surface area (Å²) >= 11 is 2.10. The summed E-state index contributed by atoms with van der Waals surface area (Å²) in [6, 6.07) is 9.01. The van der Waals surface area contributed by atoms with Crippen molar-refractivity contribution >= 4 is 11.8 Å². The second kappa shape index (κ2) is 9.70. The molecule has 2 aliphatic rings. The van der Waals surface area contributed by atoms with Gasteiger partial charge in [0.2, 0.25) is 0 Å². The molecule has 0 aliphatic heterocycles. The third kappa shape index (κ3) is 5.35. The topological polar surface area (TPSA) is 0 Å². The van der Waals surface area contributed by atoms with Gasteiger partial charge in [-0.25, -0.2) is 0 Å². The highest BCUT2D eigenvalue weighted by molar-refractivity contribution is 7.99. The van der Waals surface area contributed by atoms with Gasteiger partial charge in [-0.2, -0.15) is 0 Å². The van der Waals surface area contributed by atoms with Gasteiger partial charge in [-0.15, -0.1) is 11.8 Å². The Hall–Kier alpha value is -0.950. The minimum absolute atomic E-state index is 0.598. The molecule has 1 heteroatoms. The van der Waals surface area contributed by atoms with Crippen LogP contribution in [-0.2, 0) is 5.75 Å². The van der Waals surface area contributed by atoms with Gasteiger partial charge in [-0.3, -0.25) is 0 Å². The van der Waals surface area contributed by atoms with Gasteiger partial charge < -0.3 is 0 Å². The van der Waals surface area contributed by atoms with Crippen molar-refractivity contribution in [3.05, 3.63) is 59.7 Å². The van der Waals surface area contributed by atoms with Crippen LogP contribution in [0.2, 0.25) is 0 Å². The number of benzene rings is 1. The molecule has 0 aromatic heterocycles. The van der Waals surface area contributed by atoms with Crippen LogP contribution in [0.3, 0.4) is 0 Å². The predicted octanol–water partition coefficient (Wildman–Crippen LogP) is 8.36. The molecule has 1 aromatic carbocycles. The largest absolute Gasteiger partial charge is 0.149 e. The first-order chi connectivity index (χ1) is 13.4. The fourth-order valence-electron chi connectivity index (χ4n) is 5.31. The third-order valence-corrected chi connectivity index (χ3v) is 8.76. The molecule has 0 radical (unpaired) electrons. The van der Waals surface area contributed by atoms with E-state index in [9.17, 15) is 0 Å². The van der Waals surface area contributed by atoms with Crippen molar-refractivity contribution in [1.82, 2.24) is 0 Å². The third-order valence-electron chi connectivity index (χ3n) is 7.22. The summed E-state index contributed by atoms with van der Waals surface area (Å²) in [5.41, 5.74) is 4.87. The zero-order valence-corrected chi connectivity index (χ0v) is 19.4. The minimum Gasteiger partial charge on any atom is -0.149 e. The van der Waals surface area contributed by atoms with Gasteiger partial charge in [0.25, 0.3) is 0 Å². The van der Waals surface area contributed by atoms with Crippen LogP contribution in [-0.4, -0.2) is 5.25 Å². The average molecular weight is 397 g/mol. The lowest BCUT2D eigenvalue weighted by Crippen LogP contribution is -2.37. The zero-order valence-electron chi connectivity index (χ0n) is 18.5. The van der Waals surface area contributed by atoms with Crippen LogP contribution in [0.4, 0.5) is 0 Å². The van der Waals surface area contributed by atoms with Crippen molar-refractivity contribution in [3.8, 4) is 0 Å². The number of rotatable bonds is 9. The molecule has 0 spiro atoms. The first-order valence-corrected chi connectivity index (χ1v) is 12.5. The Balaban J connectivity index is 1.53. The maximum atomic E-state index is 4.40. The van der Waals surface area contributed by atoms with Crippen LogP contribution >= 0.6 is 11.8 Å². The lowest BCUT2D eigenvalue weighted by molar-refractivity contribution is 0.0346. The van der Waals surface area contributed by atoms with Gasteiger partial charge in [0.1, 0.15) is 0 Å². The first kappa shape index (κ1) is 21.8. The van der Waals surface area contributed by atoms with Gasteiger partial charge in [0.05, 0.1) is 0 Å². The van der Waals surface area contributed by atoms with Crippen molar-refractivity contribution in [1.29, 1.82) is 0 Å². The molecule has 1 aromatic rings. The van der Waals surface area contributed by atoms with Crippen LogP contribution in [0.5, 0.6) is 0 Å². The van der Waals surface area contributed by atoms with Crippen LogP contribution < -0.4 is 0 Å². The Labute approximate surface area is 178 Å². The number of thioether (sulfide) groups is 1. The lowest BCUT2D eigenvalue weighted by atomic mass is 9.57. The predicted molar refractivity (Wildman–Crippen MR) is 127 cm³/mol. The van der Waals surface area contributed by atoms with E-state index >= 15 is 0 Å². The maximum Gasteiger partial charge on any atom is 0.0320 e. The van der Waals surface area contributed by atoms with E-state index in [4.69, 9.17) is 0 Å². The van der Waals surface area contributed by atoms with Crippen LogP contribution in [0.25, 0.3) is 0 Å². The summed E-state index contributed by atoms with van der Waals surface area (Å²) < 4.78 is 0. The van der Waals surface area contributed by atoms with Crippen molar-refractivity contribution in [2.45, 2.75) is 83.6 Å². The van der Waals surface area contributed by atoms with E-state index in [2.05, 4.69) is 82.5 Å². The highest BCUT2D eigenvalue weighted by atomic mass is 32.2. The van der Waals surface area contributed by atoms with Gasteiger partial charge in [0.15, 0.2) is 0 Å². The van der Waals surface area contributed by atoms with Crippen molar-refractivity contribution in [3.63, 3.8) is 0 Å². The fourth-order valence-corrected chi connectivity index (χ4v) is 6.70. The van der Waals surface area contributed by atoms with E-state index < -0.39 is 0 Å². The zero-order chi connectivity index (χ0) is 20.1. The van der Waals surface area contributed by atoms with E-state index in [1.165, 1.54) is 61.6 Å². The molecule has 0 N–H and O–H groups in total. The molecule has 28 heavy (non-hydrogen) atoms. The molecular formula is C27H40S. The van der Waals surface area contributed by atoms with Gasteiger partial charge in [-0.1, -0.05) is 81.3 Å².